The van der Waals surface area contributed by atoms with E-state index >= 15 is 0 Å². The molecule has 2 rings (SSSR count). The van der Waals surface area contributed by atoms with Crippen LogP contribution in [-0.2, 0) is 0 Å². The van der Waals surface area contributed by atoms with Crippen molar-refractivity contribution in [3.05, 3.63) is 51.2 Å². The van der Waals surface area contributed by atoms with Crippen molar-refractivity contribution in [1.29, 1.82) is 0 Å². The summed E-state index contributed by atoms with van der Waals surface area (Å²) in [7, 11) is 0. The van der Waals surface area contributed by atoms with Gasteiger partial charge < -0.3 is 11.1 Å². The molecule has 0 radical (unpaired) electrons. The lowest BCUT2D eigenvalue weighted by Crippen LogP contribution is -1.98. The SMILES string of the molecule is Cc1cc(Br)c(F)cc1Nc1ccc(Cl)cc1N. The fraction of sp³-hybridized carbons (Fsp3) is 0.0769. The van der Waals surface area contributed by atoms with Gasteiger partial charge in [-0.05, 0) is 58.7 Å². The summed E-state index contributed by atoms with van der Waals surface area (Å²) in [6.07, 6.45) is 0. The Hall–Kier alpha value is -1.26. The van der Waals surface area contributed by atoms with Gasteiger partial charge in [0.25, 0.3) is 0 Å². The smallest absolute Gasteiger partial charge is 0.139 e. The summed E-state index contributed by atoms with van der Waals surface area (Å²) in [5, 5.41) is 3.66. The summed E-state index contributed by atoms with van der Waals surface area (Å²) in [5.41, 5.74) is 8.64. The Morgan fingerprint density at radius 3 is 2.61 bits per heavy atom. The fourth-order valence-electron chi connectivity index (χ4n) is 1.57. The number of hydrogen-bond donors (Lipinski definition) is 2. The minimum atomic E-state index is -0.323. The summed E-state index contributed by atoms with van der Waals surface area (Å²) in [6, 6.07) is 8.27. The van der Waals surface area contributed by atoms with Crippen molar-refractivity contribution in [1.82, 2.24) is 0 Å². The van der Waals surface area contributed by atoms with Gasteiger partial charge in [-0.25, -0.2) is 4.39 Å². The Morgan fingerprint density at radius 1 is 1.22 bits per heavy atom. The zero-order chi connectivity index (χ0) is 13.3. The molecule has 18 heavy (non-hydrogen) atoms. The van der Waals surface area contributed by atoms with Crippen molar-refractivity contribution in [2.75, 3.05) is 11.1 Å². The minimum Gasteiger partial charge on any atom is -0.397 e. The molecule has 2 aromatic rings. The first-order valence-electron chi connectivity index (χ1n) is 5.25. The van der Waals surface area contributed by atoms with Crippen LogP contribution in [0.25, 0.3) is 0 Å². The van der Waals surface area contributed by atoms with Crippen LogP contribution >= 0.6 is 27.5 Å². The maximum atomic E-state index is 13.5. The molecular weight excluding hydrogens is 319 g/mol. The second-order valence-electron chi connectivity index (χ2n) is 3.94. The van der Waals surface area contributed by atoms with E-state index in [1.54, 1.807) is 24.3 Å². The molecule has 0 aliphatic rings. The van der Waals surface area contributed by atoms with Gasteiger partial charge in [0.1, 0.15) is 5.82 Å². The van der Waals surface area contributed by atoms with Crippen molar-refractivity contribution < 1.29 is 4.39 Å². The average molecular weight is 330 g/mol. The molecule has 0 aromatic heterocycles. The zero-order valence-corrected chi connectivity index (χ0v) is 11.9. The van der Waals surface area contributed by atoms with Crippen molar-refractivity contribution in [2.45, 2.75) is 6.92 Å². The van der Waals surface area contributed by atoms with Crippen molar-refractivity contribution >= 4 is 44.6 Å². The second-order valence-corrected chi connectivity index (χ2v) is 5.23. The van der Waals surface area contributed by atoms with Crippen LogP contribution in [0.4, 0.5) is 21.5 Å². The van der Waals surface area contributed by atoms with Gasteiger partial charge in [-0.2, -0.15) is 0 Å². The Morgan fingerprint density at radius 2 is 1.94 bits per heavy atom. The lowest BCUT2D eigenvalue weighted by Gasteiger charge is -2.12. The van der Waals surface area contributed by atoms with E-state index in [9.17, 15) is 4.39 Å². The minimum absolute atomic E-state index is 0.323. The molecule has 0 heterocycles. The Balaban J connectivity index is 2.37. The first-order valence-corrected chi connectivity index (χ1v) is 6.42. The molecule has 0 spiro atoms. The Kier molecular flexibility index (Phi) is 3.78. The fourth-order valence-corrected chi connectivity index (χ4v) is 2.21. The highest BCUT2D eigenvalue weighted by Crippen LogP contribution is 2.30. The van der Waals surface area contributed by atoms with Gasteiger partial charge in [0.15, 0.2) is 0 Å². The topological polar surface area (TPSA) is 38.0 Å². The van der Waals surface area contributed by atoms with E-state index in [0.29, 0.717) is 26.6 Å². The third kappa shape index (κ3) is 2.76. The first kappa shape index (κ1) is 13.2. The quantitative estimate of drug-likeness (QED) is 0.771. The van der Waals surface area contributed by atoms with Crippen LogP contribution in [0.15, 0.2) is 34.8 Å². The molecule has 0 saturated heterocycles. The number of benzene rings is 2. The van der Waals surface area contributed by atoms with Gasteiger partial charge in [-0.3, -0.25) is 0 Å². The normalized spacial score (nSPS) is 10.4. The number of nitrogens with two attached hydrogens (primary N) is 1. The van der Waals surface area contributed by atoms with Crippen molar-refractivity contribution in [3.8, 4) is 0 Å². The summed E-state index contributed by atoms with van der Waals surface area (Å²) in [6.45, 7) is 1.89. The van der Waals surface area contributed by atoms with Crippen LogP contribution in [0.2, 0.25) is 5.02 Å². The highest BCUT2D eigenvalue weighted by atomic mass is 79.9. The number of nitrogens with one attached hydrogen (secondary N) is 1. The Bertz CT molecular complexity index is 602. The third-order valence-electron chi connectivity index (χ3n) is 2.55. The van der Waals surface area contributed by atoms with Crippen molar-refractivity contribution in [3.63, 3.8) is 0 Å². The van der Waals surface area contributed by atoms with Crippen LogP contribution in [0.5, 0.6) is 0 Å². The second kappa shape index (κ2) is 5.16. The summed E-state index contributed by atoms with van der Waals surface area (Å²) >= 11 is 8.97. The van der Waals surface area contributed by atoms with E-state index in [0.717, 1.165) is 5.56 Å². The van der Waals surface area contributed by atoms with E-state index in [4.69, 9.17) is 17.3 Å². The van der Waals surface area contributed by atoms with Gasteiger partial charge in [-0.1, -0.05) is 11.6 Å². The molecular formula is C13H11BrClFN2. The molecule has 0 amide bonds. The highest BCUT2D eigenvalue weighted by Gasteiger charge is 2.07. The molecule has 0 bridgehead atoms. The summed E-state index contributed by atoms with van der Waals surface area (Å²) in [5.74, 6) is -0.323. The molecule has 94 valence electrons. The van der Waals surface area contributed by atoms with Crippen LogP contribution in [-0.4, -0.2) is 0 Å². The Labute approximate surface area is 118 Å². The number of hydrogen-bond acceptors (Lipinski definition) is 2. The lowest BCUT2D eigenvalue weighted by molar-refractivity contribution is 0.621. The average Bonchev–Trinajstić information content (AvgIpc) is 2.29. The van der Waals surface area contributed by atoms with Gasteiger partial charge >= 0.3 is 0 Å². The number of aryl methyl sites for hydroxylation is 1. The molecule has 5 heteroatoms. The van der Waals surface area contributed by atoms with Gasteiger partial charge in [0.2, 0.25) is 0 Å². The first-order chi connectivity index (χ1) is 8.47. The number of rotatable bonds is 2. The van der Waals surface area contributed by atoms with Crippen LogP contribution in [0.1, 0.15) is 5.56 Å². The van der Waals surface area contributed by atoms with Gasteiger partial charge in [-0.15, -0.1) is 0 Å². The monoisotopic (exact) mass is 328 g/mol. The maximum Gasteiger partial charge on any atom is 0.139 e. The highest BCUT2D eigenvalue weighted by molar-refractivity contribution is 9.10. The molecule has 2 aromatic carbocycles. The van der Waals surface area contributed by atoms with Crippen molar-refractivity contribution in [2.24, 2.45) is 0 Å². The van der Waals surface area contributed by atoms with Crippen LogP contribution in [0.3, 0.4) is 0 Å². The van der Waals surface area contributed by atoms with Gasteiger partial charge in [0.05, 0.1) is 15.8 Å². The number of halogens is 3. The molecule has 2 nitrogen and oxygen atoms in total. The molecule has 3 N–H and O–H groups in total. The number of anilines is 3. The third-order valence-corrected chi connectivity index (χ3v) is 3.39. The maximum absolute atomic E-state index is 13.5. The van der Waals surface area contributed by atoms with E-state index in [-0.39, 0.29) is 5.82 Å². The molecule has 0 atom stereocenters. The summed E-state index contributed by atoms with van der Waals surface area (Å²) < 4.78 is 13.9. The molecule has 0 fully saturated rings. The van der Waals surface area contributed by atoms with Crippen LogP contribution in [0, 0.1) is 12.7 Å². The predicted molar refractivity (Wildman–Crippen MR) is 78.0 cm³/mol. The molecule has 0 saturated carbocycles. The standard InChI is InChI=1S/C13H11BrClFN2/c1-7-4-9(14)10(16)6-13(7)18-12-3-2-8(15)5-11(12)17/h2-6,18H,17H2,1H3. The predicted octanol–water partition coefficient (Wildman–Crippen LogP) is 4.88. The van der Waals surface area contributed by atoms with Gasteiger partial charge in [0, 0.05) is 10.7 Å². The largest absolute Gasteiger partial charge is 0.397 e. The lowest BCUT2D eigenvalue weighted by atomic mass is 10.2. The van der Waals surface area contributed by atoms with E-state index in [1.807, 2.05) is 6.92 Å². The zero-order valence-electron chi connectivity index (χ0n) is 9.60. The van der Waals surface area contributed by atoms with E-state index in [2.05, 4.69) is 21.2 Å². The molecule has 0 unspecified atom stereocenters. The molecule has 0 aliphatic carbocycles. The van der Waals surface area contributed by atoms with E-state index < -0.39 is 0 Å². The molecule has 0 aliphatic heterocycles. The summed E-state index contributed by atoms with van der Waals surface area (Å²) in [4.78, 5) is 0. The van der Waals surface area contributed by atoms with E-state index in [1.165, 1.54) is 6.07 Å². The van der Waals surface area contributed by atoms with Crippen LogP contribution < -0.4 is 11.1 Å². The number of nitrogen functional groups attached to an aromatic ring is 1.